The Labute approximate surface area is 213 Å². The molecule has 1 aromatic heterocycles. The number of aliphatic hydroxyl groups is 2. The van der Waals surface area contributed by atoms with Gasteiger partial charge in [0.1, 0.15) is 17.3 Å². The number of halogens is 1. The quantitative estimate of drug-likeness (QED) is 0.461. The molecule has 1 fully saturated rings. The monoisotopic (exact) mass is 509 g/mol. The van der Waals surface area contributed by atoms with Crippen molar-refractivity contribution in [3.63, 3.8) is 0 Å². The highest BCUT2D eigenvalue weighted by Gasteiger charge is 2.41. The largest absolute Gasteiger partial charge is 0.497 e. The first kappa shape index (κ1) is 24.7. The summed E-state index contributed by atoms with van der Waals surface area (Å²) >= 11 is 0. The van der Waals surface area contributed by atoms with Crippen molar-refractivity contribution in [2.75, 3.05) is 29.3 Å². The number of nitrogens with zero attached hydrogens (tertiary/aromatic N) is 4. The fourth-order valence-corrected chi connectivity index (χ4v) is 4.83. The van der Waals surface area contributed by atoms with Crippen LogP contribution in [-0.2, 0) is 6.54 Å². The Bertz CT molecular complexity index is 1280. The van der Waals surface area contributed by atoms with Crippen molar-refractivity contribution in [2.24, 2.45) is 0 Å². The van der Waals surface area contributed by atoms with E-state index in [4.69, 9.17) is 9.47 Å². The van der Waals surface area contributed by atoms with E-state index in [0.717, 1.165) is 5.69 Å². The van der Waals surface area contributed by atoms with Gasteiger partial charge in [0.25, 0.3) is 0 Å². The number of carbonyl (C=O) groups excluding carboxylic acids is 1. The molecule has 0 spiro atoms. The lowest BCUT2D eigenvalue weighted by Gasteiger charge is -2.43. The van der Waals surface area contributed by atoms with Crippen LogP contribution in [0.1, 0.15) is 24.8 Å². The molecule has 1 aliphatic carbocycles. The molecule has 194 valence electrons. The number of hydrogen-bond acceptors (Lipinski definition) is 8. The van der Waals surface area contributed by atoms with Gasteiger partial charge in [0.15, 0.2) is 5.82 Å². The number of aliphatic hydroxyl groups excluding tert-OH is 2. The number of nitrogens with one attached hydrogen (secondary N) is 1. The van der Waals surface area contributed by atoms with Gasteiger partial charge in [0.05, 0.1) is 38.7 Å². The third-order valence-electron chi connectivity index (χ3n) is 6.62. The number of carbonyl (C=O) groups is 1. The first-order valence-corrected chi connectivity index (χ1v) is 11.9. The molecule has 10 nitrogen and oxygen atoms in total. The average molecular weight is 510 g/mol. The summed E-state index contributed by atoms with van der Waals surface area (Å²) in [5.41, 5.74) is 1.41. The molecule has 5 rings (SSSR count). The molecule has 0 saturated heterocycles. The van der Waals surface area contributed by atoms with E-state index in [9.17, 15) is 15.0 Å². The van der Waals surface area contributed by atoms with Gasteiger partial charge in [-0.05, 0) is 55.7 Å². The van der Waals surface area contributed by atoms with Crippen molar-refractivity contribution in [2.45, 2.75) is 44.1 Å². The molecule has 0 bridgehead atoms. The van der Waals surface area contributed by atoms with Gasteiger partial charge in [-0.1, -0.05) is 0 Å². The molecule has 11 heteroatoms. The molecule has 2 aromatic carbocycles. The van der Waals surface area contributed by atoms with Gasteiger partial charge < -0.3 is 25.0 Å². The van der Waals surface area contributed by atoms with Gasteiger partial charge in [0, 0.05) is 29.6 Å². The van der Waals surface area contributed by atoms with Crippen LogP contribution in [-0.4, -0.2) is 58.7 Å². The first-order chi connectivity index (χ1) is 17.9. The minimum atomic E-state index is -0.781. The Kier molecular flexibility index (Phi) is 6.81. The summed E-state index contributed by atoms with van der Waals surface area (Å²) in [6.45, 7) is 0.0502. The molecule has 3 aromatic rings. The molecule has 2 amide bonds. The zero-order chi connectivity index (χ0) is 26.1. The minimum Gasteiger partial charge on any atom is -0.497 e. The summed E-state index contributed by atoms with van der Waals surface area (Å²) in [5, 5.41) is 23.8. The van der Waals surface area contributed by atoms with Crippen LogP contribution in [0.3, 0.4) is 0 Å². The second-order valence-corrected chi connectivity index (χ2v) is 9.12. The number of methoxy groups -OCH3 is 2. The highest BCUT2D eigenvalue weighted by atomic mass is 19.1. The van der Waals surface area contributed by atoms with Crippen LogP contribution >= 0.6 is 0 Å². The Morgan fingerprint density at radius 2 is 1.68 bits per heavy atom. The topological polar surface area (TPSA) is 120 Å². The van der Waals surface area contributed by atoms with Gasteiger partial charge >= 0.3 is 6.03 Å². The number of aromatic nitrogens is 2. The molecule has 3 N–H and O–H groups in total. The van der Waals surface area contributed by atoms with Gasteiger partial charge in [0.2, 0.25) is 5.95 Å². The van der Waals surface area contributed by atoms with E-state index in [1.807, 2.05) is 12.1 Å². The molecule has 1 aliphatic heterocycles. The molecule has 3 atom stereocenters. The molecular weight excluding hydrogens is 481 g/mol. The maximum Gasteiger partial charge on any atom is 0.330 e. The summed E-state index contributed by atoms with van der Waals surface area (Å²) in [5.74, 6) is 1.04. The van der Waals surface area contributed by atoms with Crippen LogP contribution in [0, 0.1) is 5.82 Å². The van der Waals surface area contributed by atoms with E-state index in [2.05, 4.69) is 15.3 Å². The molecule has 2 aliphatic rings. The Balaban J connectivity index is 1.53. The van der Waals surface area contributed by atoms with Gasteiger partial charge in [-0.25, -0.2) is 14.2 Å². The van der Waals surface area contributed by atoms with E-state index >= 15 is 4.39 Å². The first-order valence-electron chi connectivity index (χ1n) is 11.9. The fourth-order valence-electron chi connectivity index (χ4n) is 4.83. The molecule has 0 radical (unpaired) electrons. The van der Waals surface area contributed by atoms with Gasteiger partial charge in [-0.3, -0.25) is 9.80 Å². The average Bonchev–Trinajstić information content (AvgIpc) is 2.88. The number of anilines is 4. The lowest BCUT2D eigenvalue weighted by atomic mass is 9.89. The van der Waals surface area contributed by atoms with Crippen LogP contribution in [0.15, 0.2) is 48.7 Å². The number of fused-ring (bicyclic) bond motifs is 1. The molecule has 1 unspecified atom stereocenters. The van der Waals surface area contributed by atoms with Gasteiger partial charge in [-0.2, -0.15) is 4.98 Å². The standard InChI is InChI=1S/C26H28FN5O5/c1-36-20-5-3-16(4-6-20)29-25-28-13-15-14-31(23-8-7-21(37-2)12-22(23)27)26(35)32(24(15)30-25)17-9-18(33)11-19(34)10-17/h3-8,12-13,17-19,33-34H,9-11,14H2,1-2H3,(H,28,29,30)/t17?,18-,19+. The second-order valence-electron chi connectivity index (χ2n) is 9.12. The van der Waals surface area contributed by atoms with E-state index in [-0.39, 0.29) is 37.4 Å². The van der Waals surface area contributed by atoms with Crippen LogP contribution < -0.4 is 24.6 Å². The highest BCUT2D eigenvalue weighted by molar-refractivity contribution is 6.06. The van der Waals surface area contributed by atoms with Crippen molar-refractivity contribution in [1.29, 1.82) is 0 Å². The second kappa shape index (κ2) is 10.2. The summed E-state index contributed by atoms with van der Waals surface area (Å²) in [7, 11) is 3.02. The predicted octanol–water partition coefficient (Wildman–Crippen LogP) is 3.60. The number of rotatable bonds is 6. The van der Waals surface area contributed by atoms with Crippen LogP contribution in [0.4, 0.5) is 32.3 Å². The Morgan fingerprint density at radius 1 is 1.00 bits per heavy atom. The van der Waals surface area contributed by atoms with E-state index in [1.165, 1.54) is 29.0 Å². The smallest absolute Gasteiger partial charge is 0.330 e. The lowest BCUT2D eigenvalue weighted by molar-refractivity contribution is 0.0314. The Morgan fingerprint density at radius 3 is 2.32 bits per heavy atom. The summed E-state index contributed by atoms with van der Waals surface area (Å²) < 4.78 is 25.3. The predicted molar refractivity (Wildman–Crippen MR) is 135 cm³/mol. The van der Waals surface area contributed by atoms with E-state index in [1.54, 1.807) is 31.5 Å². The molecular formula is C26H28FN5O5. The number of ether oxygens (including phenoxy) is 2. The van der Waals surface area contributed by atoms with E-state index < -0.39 is 30.1 Å². The Hall–Kier alpha value is -3.96. The van der Waals surface area contributed by atoms with E-state index in [0.29, 0.717) is 22.9 Å². The van der Waals surface area contributed by atoms with Crippen molar-refractivity contribution in [3.8, 4) is 11.5 Å². The van der Waals surface area contributed by atoms with Crippen molar-refractivity contribution in [3.05, 3.63) is 60.0 Å². The van der Waals surface area contributed by atoms with Crippen LogP contribution in [0.5, 0.6) is 11.5 Å². The molecule has 1 saturated carbocycles. The van der Waals surface area contributed by atoms with Crippen molar-refractivity contribution < 1.29 is 28.9 Å². The maximum absolute atomic E-state index is 15.0. The third-order valence-corrected chi connectivity index (χ3v) is 6.62. The maximum atomic E-state index is 15.0. The fraction of sp³-hybridized carbons (Fsp3) is 0.346. The van der Waals surface area contributed by atoms with Crippen LogP contribution in [0.25, 0.3) is 0 Å². The number of amides is 2. The zero-order valence-corrected chi connectivity index (χ0v) is 20.5. The molecule has 2 heterocycles. The minimum absolute atomic E-state index is 0.0502. The van der Waals surface area contributed by atoms with Crippen molar-refractivity contribution >= 4 is 29.2 Å². The van der Waals surface area contributed by atoms with Crippen LogP contribution in [0.2, 0.25) is 0 Å². The number of benzene rings is 2. The lowest BCUT2D eigenvalue weighted by Crippen LogP contribution is -2.55. The zero-order valence-electron chi connectivity index (χ0n) is 20.5. The summed E-state index contributed by atoms with van der Waals surface area (Å²) in [6, 6.07) is 10.5. The normalized spacial score (nSPS) is 21.4. The summed E-state index contributed by atoms with van der Waals surface area (Å²) in [6.07, 6.45) is 0.779. The highest BCUT2D eigenvalue weighted by Crippen LogP contribution is 2.37. The molecule has 37 heavy (non-hydrogen) atoms. The van der Waals surface area contributed by atoms with Crippen molar-refractivity contribution in [1.82, 2.24) is 9.97 Å². The SMILES string of the molecule is COc1ccc(Nc2ncc3c(n2)N(C2C[C@@H](O)C[C@@H](O)C2)C(=O)N(c2ccc(OC)cc2F)C3)cc1. The summed E-state index contributed by atoms with van der Waals surface area (Å²) in [4.78, 5) is 25.6. The van der Waals surface area contributed by atoms with Gasteiger partial charge in [-0.15, -0.1) is 0 Å². The number of hydrogen-bond donors (Lipinski definition) is 3. The third kappa shape index (κ3) is 5.00. The number of urea groups is 1.